The molecule has 0 amide bonds. The summed E-state index contributed by atoms with van der Waals surface area (Å²) in [4.78, 5) is 27.2. The highest BCUT2D eigenvalue weighted by molar-refractivity contribution is 5.69. The number of ether oxygens (including phenoxy) is 2. The van der Waals surface area contributed by atoms with E-state index < -0.39 is 0 Å². The molecule has 0 spiro atoms. The van der Waals surface area contributed by atoms with Crippen molar-refractivity contribution in [3.8, 4) is 0 Å². The van der Waals surface area contributed by atoms with Crippen molar-refractivity contribution in [3.05, 3.63) is 0 Å². The fraction of sp³-hybridized carbons (Fsp3) is 0.952. The molecule has 0 aliphatic carbocycles. The molecule has 0 aliphatic heterocycles. The van der Waals surface area contributed by atoms with E-state index in [1.165, 1.54) is 109 Å². The highest BCUT2D eigenvalue weighted by Gasteiger charge is 2.15. The molecule has 288 valence electrons. The molecule has 1 unspecified atom stereocenters. The second kappa shape index (κ2) is 38.7. The molecular weight excluding hydrogens is 598 g/mol. The maximum Gasteiger partial charge on any atom is 0.306 e. The van der Waals surface area contributed by atoms with Gasteiger partial charge < -0.3 is 19.5 Å². The quantitative estimate of drug-likeness (QED) is 0.0519. The van der Waals surface area contributed by atoms with E-state index in [1.54, 1.807) is 0 Å². The van der Waals surface area contributed by atoms with Crippen molar-refractivity contribution >= 4 is 11.9 Å². The second-order valence-corrected chi connectivity index (χ2v) is 14.3. The molecule has 1 N–H and O–H groups in total. The number of hydrogen-bond donors (Lipinski definition) is 1. The van der Waals surface area contributed by atoms with Gasteiger partial charge in [-0.05, 0) is 77.8 Å². The Kier molecular flexibility index (Phi) is 39.4. The first kappa shape index (κ1) is 49.0. The molecule has 0 fully saturated rings. The van der Waals surface area contributed by atoms with Crippen molar-refractivity contribution < 1.29 is 24.2 Å². The van der Waals surface area contributed by atoms with E-state index in [0.29, 0.717) is 19.4 Å². The summed E-state index contributed by atoms with van der Waals surface area (Å²) in [5, 5.41) is 9.51. The lowest BCUT2D eigenvalue weighted by Crippen LogP contribution is -2.29. The molecule has 0 saturated carbocycles. The number of esters is 2. The Balaban J connectivity index is 0. The average Bonchev–Trinajstić information content (AvgIpc) is 3.05. The minimum atomic E-state index is -0.0953. The van der Waals surface area contributed by atoms with Gasteiger partial charge in [0.05, 0.1) is 12.7 Å². The van der Waals surface area contributed by atoms with Crippen LogP contribution in [-0.4, -0.2) is 60.4 Å². The third kappa shape index (κ3) is 34.7. The topological polar surface area (TPSA) is 76.1 Å². The molecule has 0 aromatic heterocycles. The predicted molar refractivity (Wildman–Crippen MR) is 207 cm³/mol. The van der Waals surface area contributed by atoms with Gasteiger partial charge in [0.1, 0.15) is 6.10 Å². The third-order valence-corrected chi connectivity index (χ3v) is 9.48. The molecule has 48 heavy (non-hydrogen) atoms. The summed E-state index contributed by atoms with van der Waals surface area (Å²) in [6.45, 7) is 11.3. The zero-order valence-corrected chi connectivity index (χ0v) is 32.0. The fourth-order valence-electron chi connectivity index (χ4n) is 6.42. The van der Waals surface area contributed by atoms with Crippen molar-refractivity contribution in [2.75, 3.05) is 26.2 Å². The molecule has 6 nitrogen and oxygen atoms in total. The first-order valence-electron chi connectivity index (χ1n) is 20.7. The number of aliphatic hydroxyl groups excluding tert-OH is 1. The largest absolute Gasteiger partial charge is 0.463 e. The molecule has 0 aliphatic rings. The Morgan fingerprint density at radius 3 is 1.42 bits per heavy atom. The molecule has 6 heteroatoms. The maximum atomic E-state index is 12.7. The van der Waals surface area contributed by atoms with Crippen LogP contribution in [0, 0.1) is 0 Å². The molecule has 0 bridgehead atoms. The first-order valence-corrected chi connectivity index (χ1v) is 20.7. The van der Waals surface area contributed by atoms with Crippen LogP contribution in [0.3, 0.4) is 0 Å². The van der Waals surface area contributed by atoms with Crippen LogP contribution in [0.25, 0.3) is 0 Å². The Hall–Kier alpha value is -1.14. The minimum Gasteiger partial charge on any atom is -0.463 e. The molecule has 0 rings (SSSR count). The monoisotopic (exact) mass is 684 g/mol. The van der Waals surface area contributed by atoms with E-state index in [4.69, 9.17) is 9.47 Å². The number of carbonyl (C=O) groups excluding carboxylic acids is 2. The summed E-state index contributed by atoms with van der Waals surface area (Å²) < 4.78 is 11.6. The van der Waals surface area contributed by atoms with E-state index in [1.807, 2.05) is 6.92 Å². The summed E-state index contributed by atoms with van der Waals surface area (Å²) in [5.41, 5.74) is 0. The molecule has 1 atom stereocenters. The summed E-state index contributed by atoms with van der Waals surface area (Å²) in [6.07, 6.45) is 33.0. The summed E-state index contributed by atoms with van der Waals surface area (Å²) in [7, 11) is 0. The van der Waals surface area contributed by atoms with Gasteiger partial charge in [-0.15, -0.1) is 0 Å². The molecule has 0 saturated heterocycles. The van der Waals surface area contributed by atoms with Crippen LogP contribution in [0.2, 0.25) is 0 Å². The Bertz CT molecular complexity index is 656. The van der Waals surface area contributed by atoms with E-state index in [-0.39, 0.29) is 38.2 Å². The second-order valence-electron chi connectivity index (χ2n) is 14.3. The van der Waals surface area contributed by atoms with E-state index in [0.717, 1.165) is 77.3 Å². The lowest BCUT2D eigenvalue weighted by Gasteiger charge is -2.21. The summed E-state index contributed by atoms with van der Waals surface area (Å²) in [5.74, 6) is -0.0986. The van der Waals surface area contributed by atoms with E-state index >= 15 is 0 Å². The van der Waals surface area contributed by atoms with Gasteiger partial charge in [0.2, 0.25) is 0 Å². The summed E-state index contributed by atoms with van der Waals surface area (Å²) >= 11 is 0. The van der Waals surface area contributed by atoms with Crippen LogP contribution in [-0.2, 0) is 19.1 Å². The van der Waals surface area contributed by atoms with Crippen LogP contribution in [0.1, 0.15) is 221 Å². The van der Waals surface area contributed by atoms with Crippen LogP contribution in [0.15, 0.2) is 0 Å². The minimum absolute atomic E-state index is 0. The smallest absolute Gasteiger partial charge is 0.306 e. The van der Waals surface area contributed by atoms with Gasteiger partial charge >= 0.3 is 11.9 Å². The zero-order chi connectivity index (χ0) is 34.6. The van der Waals surface area contributed by atoms with Gasteiger partial charge in [-0.1, -0.05) is 144 Å². The van der Waals surface area contributed by atoms with Gasteiger partial charge in [0, 0.05) is 19.4 Å². The Morgan fingerprint density at radius 2 is 0.896 bits per heavy atom. The number of carbonyl (C=O) groups is 2. The molecule has 0 aromatic carbocycles. The number of nitrogens with zero attached hydrogens (tertiary/aromatic N) is 1. The van der Waals surface area contributed by atoms with Crippen molar-refractivity contribution in [1.29, 1.82) is 0 Å². The van der Waals surface area contributed by atoms with Gasteiger partial charge in [0.25, 0.3) is 0 Å². The predicted octanol–water partition coefficient (Wildman–Crippen LogP) is 12.1. The van der Waals surface area contributed by atoms with Crippen LogP contribution in [0.5, 0.6) is 0 Å². The van der Waals surface area contributed by atoms with Crippen molar-refractivity contribution in [2.45, 2.75) is 234 Å². The number of unbranched alkanes of at least 4 members (excludes halogenated alkanes) is 19. The standard InChI is InChI=1S/C41H81NO5.CH4/c1-5-8-11-14-18-23-29-38(4)46-40(44)33-28-35-42(36-37-43)34-27-22-17-21-26-32-41(45)47-39(30-24-19-15-12-9-6-2)31-25-20-16-13-10-7-3;/h38-39,43H,5-37H2,1-4H3;1H4. The highest BCUT2D eigenvalue weighted by Crippen LogP contribution is 2.18. The van der Waals surface area contributed by atoms with E-state index in [9.17, 15) is 14.7 Å². The van der Waals surface area contributed by atoms with Crippen LogP contribution >= 0.6 is 0 Å². The van der Waals surface area contributed by atoms with Gasteiger partial charge in [-0.2, -0.15) is 0 Å². The van der Waals surface area contributed by atoms with Gasteiger partial charge in [0.15, 0.2) is 0 Å². The van der Waals surface area contributed by atoms with Gasteiger partial charge in [-0.25, -0.2) is 0 Å². The Labute approximate surface area is 300 Å². The molecule has 0 heterocycles. The van der Waals surface area contributed by atoms with Crippen molar-refractivity contribution in [1.82, 2.24) is 4.90 Å². The number of aliphatic hydroxyl groups is 1. The SMILES string of the molecule is C.CCCCCCCCC(C)OC(=O)CCCN(CCO)CCCCCCCC(=O)OC(CCCCCCCC)CCCCCCCC. The number of hydrogen-bond acceptors (Lipinski definition) is 6. The average molecular weight is 684 g/mol. The zero-order valence-electron chi connectivity index (χ0n) is 32.0. The van der Waals surface area contributed by atoms with Crippen molar-refractivity contribution in [2.24, 2.45) is 0 Å². The fourth-order valence-corrected chi connectivity index (χ4v) is 6.42. The lowest BCUT2D eigenvalue weighted by molar-refractivity contribution is -0.150. The van der Waals surface area contributed by atoms with E-state index in [2.05, 4.69) is 25.7 Å². The molecular formula is C42H85NO5. The Morgan fingerprint density at radius 1 is 0.500 bits per heavy atom. The van der Waals surface area contributed by atoms with Crippen LogP contribution in [0.4, 0.5) is 0 Å². The van der Waals surface area contributed by atoms with Crippen LogP contribution < -0.4 is 0 Å². The molecule has 0 aromatic rings. The third-order valence-electron chi connectivity index (χ3n) is 9.48. The highest BCUT2D eigenvalue weighted by atomic mass is 16.5. The number of rotatable bonds is 37. The maximum absolute atomic E-state index is 12.7. The normalized spacial score (nSPS) is 12.0. The lowest BCUT2D eigenvalue weighted by atomic mass is 10.0. The van der Waals surface area contributed by atoms with Crippen molar-refractivity contribution in [3.63, 3.8) is 0 Å². The summed E-state index contributed by atoms with van der Waals surface area (Å²) in [6, 6.07) is 0. The van der Waals surface area contributed by atoms with Gasteiger partial charge in [-0.3, -0.25) is 9.59 Å². The first-order chi connectivity index (χ1) is 23.0. The molecule has 0 radical (unpaired) electrons.